The molecule has 0 aliphatic carbocycles. The molecule has 1 heterocycles. The Morgan fingerprint density at radius 1 is 1.15 bits per heavy atom. The first-order valence-electron chi connectivity index (χ1n) is 7.52. The fourth-order valence-electron chi connectivity index (χ4n) is 2.02. The highest BCUT2D eigenvalue weighted by Gasteiger charge is 2.25. The smallest absolute Gasteiger partial charge is 0.135 e. The Labute approximate surface area is 122 Å². The van der Waals surface area contributed by atoms with E-state index in [1.54, 1.807) is 0 Å². The largest absolute Gasteiger partial charge is 0.394 e. The van der Waals surface area contributed by atoms with Gasteiger partial charge in [0.05, 0.1) is 12.1 Å². The standard InChI is InChI=1S/C15H28N4O/c1-6-15(7-2,10-20)19-13-9-12(16-8-3)17-14(18-13)11(4)5/h9,11,20H,6-8,10H2,1-5H3,(H2,16,17,18,19). The minimum absolute atomic E-state index is 0.0948. The van der Waals surface area contributed by atoms with Crippen LogP contribution in [0.3, 0.4) is 0 Å². The van der Waals surface area contributed by atoms with Crippen molar-refractivity contribution in [3.8, 4) is 0 Å². The topological polar surface area (TPSA) is 70.1 Å². The molecule has 0 saturated carbocycles. The molecule has 0 unspecified atom stereocenters. The molecule has 0 saturated heterocycles. The van der Waals surface area contributed by atoms with E-state index in [1.165, 1.54) is 0 Å². The average molecular weight is 280 g/mol. The minimum atomic E-state index is -0.313. The van der Waals surface area contributed by atoms with Crippen LogP contribution in [-0.2, 0) is 0 Å². The van der Waals surface area contributed by atoms with Crippen molar-refractivity contribution in [1.82, 2.24) is 9.97 Å². The molecule has 0 atom stereocenters. The van der Waals surface area contributed by atoms with Crippen molar-refractivity contribution in [1.29, 1.82) is 0 Å². The van der Waals surface area contributed by atoms with Gasteiger partial charge in [0, 0.05) is 18.5 Å². The number of nitrogens with zero attached hydrogens (tertiary/aromatic N) is 2. The first kappa shape index (κ1) is 16.7. The maximum Gasteiger partial charge on any atom is 0.135 e. The summed E-state index contributed by atoms with van der Waals surface area (Å²) in [4.78, 5) is 9.08. The SMILES string of the molecule is CCNc1cc(NC(CC)(CC)CO)nc(C(C)C)n1. The van der Waals surface area contributed by atoms with E-state index in [2.05, 4.69) is 48.3 Å². The molecule has 0 radical (unpaired) electrons. The summed E-state index contributed by atoms with van der Waals surface area (Å²) < 4.78 is 0. The molecule has 0 bridgehead atoms. The number of rotatable bonds is 8. The van der Waals surface area contributed by atoms with Crippen LogP contribution in [0.1, 0.15) is 59.2 Å². The second-order valence-electron chi connectivity index (χ2n) is 5.45. The molecule has 0 aromatic carbocycles. The van der Waals surface area contributed by atoms with Crippen LogP contribution in [0, 0.1) is 0 Å². The zero-order chi connectivity index (χ0) is 15.2. The first-order valence-corrected chi connectivity index (χ1v) is 7.52. The van der Waals surface area contributed by atoms with Gasteiger partial charge >= 0.3 is 0 Å². The summed E-state index contributed by atoms with van der Waals surface area (Å²) in [5.41, 5.74) is -0.313. The van der Waals surface area contributed by atoms with Gasteiger partial charge in [-0.2, -0.15) is 0 Å². The first-order chi connectivity index (χ1) is 9.50. The predicted molar refractivity (Wildman–Crippen MR) is 84.3 cm³/mol. The van der Waals surface area contributed by atoms with Gasteiger partial charge in [-0.25, -0.2) is 9.97 Å². The summed E-state index contributed by atoms with van der Waals surface area (Å²) in [7, 11) is 0. The number of aliphatic hydroxyl groups is 1. The van der Waals surface area contributed by atoms with Gasteiger partial charge < -0.3 is 15.7 Å². The number of anilines is 2. The second-order valence-corrected chi connectivity index (χ2v) is 5.45. The summed E-state index contributed by atoms with van der Waals surface area (Å²) in [6.07, 6.45) is 1.69. The third-order valence-electron chi connectivity index (χ3n) is 3.67. The Balaban J connectivity index is 3.09. The third-order valence-corrected chi connectivity index (χ3v) is 3.67. The van der Waals surface area contributed by atoms with Crippen LogP contribution in [0.5, 0.6) is 0 Å². The van der Waals surface area contributed by atoms with Crippen molar-refractivity contribution in [2.45, 2.75) is 58.9 Å². The normalized spacial score (nSPS) is 11.8. The molecule has 1 rings (SSSR count). The highest BCUT2D eigenvalue weighted by atomic mass is 16.3. The van der Waals surface area contributed by atoms with Crippen LogP contribution in [0.4, 0.5) is 11.6 Å². The molecular weight excluding hydrogens is 252 g/mol. The number of hydrogen-bond donors (Lipinski definition) is 3. The Morgan fingerprint density at radius 2 is 1.75 bits per heavy atom. The van der Waals surface area contributed by atoms with E-state index in [0.717, 1.165) is 36.8 Å². The van der Waals surface area contributed by atoms with Gasteiger partial charge in [-0.05, 0) is 19.8 Å². The average Bonchev–Trinajstić information content (AvgIpc) is 2.45. The van der Waals surface area contributed by atoms with Crippen LogP contribution in [0.15, 0.2) is 6.07 Å². The molecule has 5 nitrogen and oxygen atoms in total. The third kappa shape index (κ3) is 4.07. The van der Waals surface area contributed by atoms with Crippen molar-refractivity contribution >= 4 is 11.6 Å². The van der Waals surface area contributed by atoms with E-state index >= 15 is 0 Å². The van der Waals surface area contributed by atoms with E-state index in [1.807, 2.05) is 13.0 Å². The monoisotopic (exact) mass is 280 g/mol. The van der Waals surface area contributed by atoms with E-state index in [4.69, 9.17) is 0 Å². The van der Waals surface area contributed by atoms with E-state index in [9.17, 15) is 5.11 Å². The number of nitrogens with one attached hydrogen (secondary N) is 2. The lowest BCUT2D eigenvalue weighted by Crippen LogP contribution is -2.41. The molecule has 0 spiro atoms. The molecule has 0 amide bonds. The Hall–Kier alpha value is -1.36. The maximum atomic E-state index is 9.67. The van der Waals surface area contributed by atoms with Gasteiger partial charge in [-0.1, -0.05) is 27.7 Å². The second kappa shape index (κ2) is 7.43. The summed E-state index contributed by atoms with van der Waals surface area (Å²) in [5.74, 6) is 2.68. The predicted octanol–water partition coefficient (Wildman–Crippen LogP) is 2.99. The quantitative estimate of drug-likeness (QED) is 0.683. The van der Waals surface area contributed by atoms with Crippen molar-refractivity contribution in [2.75, 3.05) is 23.8 Å². The molecule has 1 aromatic heterocycles. The number of aromatic nitrogens is 2. The highest BCUT2D eigenvalue weighted by Crippen LogP contribution is 2.23. The zero-order valence-electron chi connectivity index (χ0n) is 13.3. The number of hydrogen-bond acceptors (Lipinski definition) is 5. The zero-order valence-corrected chi connectivity index (χ0v) is 13.3. The van der Waals surface area contributed by atoms with E-state index in [0.29, 0.717) is 0 Å². The van der Waals surface area contributed by atoms with Crippen molar-refractivity contribution in [3.63, 3.8) is 0 Å². The summed E-state index contributed by atoms with van der Waals surface area (Å²) in [6.45, 7) is 11.3. The maximum absolute atomic E-state index is 9.67. The van der Waals surface area contributed by atoms with Crippen LogP contribution >= 0.6 is 0 Å². The van der Waals surface area contributed by atoms with Crippen LogP contribution in [0.2, 0.25) is 0 Å². The summed E-state index contributed by atoms with van der Waals surface area (Å²) in [6, 6.07) is 1.91. The molecule has 20 heavy (non-hydrogen) atoms. The highest BCUT2D eigenvalue weighted by molar-refractivity contribution is 5.49. The Kier molecular flexibility index (Phi) is 6.20. The van der Waals surface area contributed by atoms with Crippen molar-refractivity contribution in [2.24, 2.45) is 0 Å². The van der Waals surface area contributed by atoms with Gasteiger partial charge in [-0.15, -0.1) is 0 Å². The molecule has 3 N–H and O–H groups in total. The summed E-state index contributed by atoms with van der Waals surface area (Å²) in [5, 5.41) is 16.3. The lowest BCUT2D eigenvalue weighted by Gasteiger charge is -2.31. The Bertz CT molecular complexity index is 408. The Morgan fingerprint density at radius 3 is 2.20 bits per heavy atom. The van der Waals surface area contributed by atoms with Crippen LogP contribution in [-0.4, -0.2) is 33.8 Å². The van der Waals surface area contributed by atoms with Gasteiger partial charge in [0.1, 0.15) is 17.5 Å². The lowest BCUT2D eigenvalue weighted by atomic mass is 9.94. The fraction of sp³-hybridized carbons (Fsp3) is 0.733. The van der Waals surface area contributed by atoms with Gasteiger partial charge in [0.15, 0.2) is 0 Å². The molecular formula is C15H28N4O. The van der Waals surface area contributed by atoms with Crippen LogP contribution in [0.25, 0.3) is 0 Å². The van der Waals surface area contributed by atoms with Gasteiger partial charge in [0.25, 0.3) is 0 Å². The molecule has 0 aliphatic rings. The van der Waals surface area contributed by atoms with Gasteiger partial charge in [-0.3, -0.25) is 0 Å². The van der Waals surface area contributed by atoms with Crippen molar-refractivity contribution < 1.29 is 5.11 Å². The number of aliphatic hydroxyl groups excluding tert-OH is 1. The van der Waals surface area contributed by atoms with E-state index < -0.39 is 0 Å². The molecule has 0 aliphatic heterocycles. The summed E-state index contributed by atoms with van der Waals surface area (Å²) >= 11 is 0. The molecule has 0 fully saturated rings. The molecule has 1 aromatic rings. The van der Waals surface area contributed by atoms with Crippen molar-refractivity contribution in [3.05, 3.63) is 11.9 Å². The lowest BCUT2D eigenvalue weighted by molar-refractivity contribution is 0.202. The van der Waals surface area contributed by atoms with Gasteiger partial charge in [0.2, 0.25) is 0 Å². The van der Waals surface area contributed by atoms with Crippen LogP contribution < -0.4 is 10.6 Å². The van der Waals surface area contributed by atoms with E-state index in [-0.39, 0.29) is 18.1 Å². The molecule has 114 valence electrons. The fourth-order valence-corrected chi connectivity index (χ4v) is 2.02. The molecule has 5 heteroatoms. The minimum Gasteiger partial charge on any atom is -0.394 e.